The van der Waals surface area contributed by atoms with Gasteiger partial charge in [0, 0.05) is 44.5 Å². The molecule has 0 amide bonds. The van der Waals surface area contributed by atoms with Gasteiger partial charge in [0.15, 0.2) is 0 Å². The molecule has 1 atom stereocenters. The molecule has 0 aliphatic carbocycles. The Morgan fingerprint density at radius 3 is 3.15 bits per heavy atom. The molecular weight excluding hydrogens is 276 g/mol. The maximum atomic E-state index is 12.1. The quantitative estimate of drug-likeness (QED) is 0.902. The number of hydrogen-bond donors (Lipinski definition) is 1. The van der Waals surface area contributed by atoms with Crippen LogP contribution in [0.25, 0.3) is 5.65 Å². The third-order valence-electron chi connectivity index (χ3n) is 3.52. The molecule has 1 fully saturated rings. The van der Waals surface area contributed by atoms with Crippen molar-refractivity contribution in [2.45, 2.75) is 19.5 Å². The zero-order chi connectivity index (χ0) is 14.1. The van der Waals surface area contributed by atoms with E-state index in [-0.39, 0.29) is 5.56 Å². The minimum atomic E-state index is -0.0873. The lowest BCUT2D eigenvalue weighted by molar-refractivity contribution is 0.197. The van der Waals surface area contributed by atoms with Gasteiger partial charge in [0.25, 0.3) is 5.56 Å². The summed E-state index contributed by atoms with van der Waals surface area (Å²) in [5.41, 5.74) is 1.36. The fraction of sp³-hybridized carbons (Fsp3) is 0.429. The summed E-state index contributed by atoms with van der Waals surface area (Å²) in [7, 11) is 0. The molecule has 0 spiro atoms. The summed E-state index contributed by atoms with van der Waals surface area (Å²) in [5.74, 6) is 0. The number of nitrogens with zero attached hydrogens (tertiary/aromatic N) is 3. The fourth-order valence-electron chi connectivity index (χ4n) is 2.59. The predicted octanol–water partition coefficient (Wildman–Crippen LogP) is 1.14. The van der Waals surface area contributed by atoms with Gasteiger partial charge in [-0.3, -0.25) is 14.1 Å². The van der Waals surface area contributed by atoms with Crippen molar-refractivity contribution in [3.05, 3.63) is 45.5 Å². The van der Waals surface area contributed by atoms with E-state index in [4.69, 9.17) is 11.6 Å². The van der Waals surface area contributed by atoms with Gasteiger partial charge in [-0.2, -0.15) is 0 Å². The van der Waals surface area contributed by atoms with Gasteiger partial charge in [0.05, 0.1) is 10.7 Å². The highest BCUT2D eigenvalue weighted by Crippen LogP contribution is 2.10. The normalized spacial score (nSPS) is 20.4. The van der Waals surface area contributed by atoms with E-state index < -0.39 is 0 Å². The smallest absolute Gasteiger partial charge is 0.258 e. The largest absolute Gasteiger partial charge is 0.312 e. The summed E-state index contributed by atoms with van der Waals surface area (Å²) in [5, 5.41) is 3.93. The molecule has 1 saturated heterocycles. The molecule has 2 aromatic rings. The molecule has 1 aliphatic heterocycles. The third-order valence-corrected chi connectivity index (χ3v) is 3.74. The van der Waals surface area contributed by atoms with Gasteiger partial charge in [-0.1, -0.05) is 11.6 Å². The van der Waals surface area contributed by atoms with Gasteiger partial charge in [-0.25, -0.2) is 4.98 Å². The molecule has 0 saturated carbocycles. The van der Waals surface area contributed by atoms with E-state index >= 15 is 0 Å². The second kappa shape index (κ2) is 5.52. The first-order chi connectivity index (χ1) is 9.61. The number of halogens is 1. The fourth-order valence-corrected chi connectivity index (χ4v) is 2.75. The molecule has 2 aromatic heterocycles. The minimum absolute atomic E-state index is 0.0873. The SMILES string of the molecule is CC1CN(Cc2cc(=O)n3cc(Cl)ccc3n2)CCN1. The highest BCUT2D eigenvalue weighted by molar-refractivity contribution is 6.30. The number of pyridine rings is 1. The first-order valence-electron chi connectivity index (χ1n) is 6.75. The lowest BCUT2D eigenvalue weighted by Gasteiger charge is -2.31. The van der Waals surface area contributed by atoms with Crippen LogP contribution in [0.3, 0.4) is 0 Å². The Hall–Kier alpha value is -1.43. The molecule has 6 heteroatoms. The van der Waals surface area contributed by atoms with Crippen LogP contribution in [0.2, 0.25) is 5.02 Å². The van der Waals surface area contributed by atoms with Crippen LogP contribution >= 0.6 is 11.6 Å². The van der Waals surface area contributed by atoms with Crippen molar-refractivity contribution >= 4 is 17.2 Å². The summed E-state index contributed by atoms with van der Waals surface area (Å²) >= 11 is 5.90. The number of rotatable bonds is 2. The molecule has 3 heterocycles. The van der Waals surface area contributed by atoms with Crippen LogP contribution in [-0.2, 0) is 6.54 Å². The van der Waals surface area contributed by atoms with Gasteiger partial charge < -0.3 is 5.32 Å². The van der Waals surface area contributed by atoms with Crippen LogP contribution in [0, 0.1) is 0 Å². The summed E-state index contributed by atoms with van der Waals surface area (Å²) in [6.07, 6.45) is 1.60. The number of fused-ring (bicyclic) bond motifs is 1. The summed E-state index contributed by atoms with van der Waals surface area (Å²) in [6, 6.07) is 5.59. The lowest BCUT2D eigenvalue weighted by atomic mass is 10.2. The molecule has 1 unspecified atom stereocenters. The zero-order valence-corrected chi connectivity index (χ0v) is 12.1. The molecule has 20 heavy (non-hydrogen) atoms. The molecule has 106 valence electrons. The third kappa shape index (κ3) is 2.85. The topological polar surface area (TPSA) is 49.6 Å². The summed E-state index contributed by atoms with van der Waals surface area (Å²) in [4.78, 5) is 18.9. The van der Waals surface area contributed by atoms with Crippen LogP contribution in [0.5, 0.6) is 0 Å². The maximum absolute atomic E-state index is 12.1. The minimum Gasteiger partial charge on any atom is -0.312 e. The van der Waals surface area contributed by atoms with Crippen LogP contribution in [0.4, 0.5) is 0 Å². The van der Waals surface area contributed by atoms with Gasteiger partial charge >= 0.3 is 0 Å². The Labute approximate surface area is 122 Å². The number of piperazine rings is 1. The molecule has 1 N–H and O–H groups in total. The van der Waals surface area contributed by atoms with Crippen molar-refractivity contribution < 1.29 is 0 Å². The van der Waals surface area contributed by atoms with Crippen LogP contribution in [-0.4, -0.2) is 40.0 Å². The van der Waals surface area contributed by atoms with Crippen LogP contribution < -0.4 is 10.9 Å². The standard InChI is InChI=1S/C14H17ClN4O/c1-10-7-18(5-4-16-10)9-12-6-14(20)19-8-11(15)2-3-13(19)17-12/h2-3,6,8,10,16H,4-5,7,9H2,1H3. The van der Waals surface area contributed by atoms with Crippen molar-refractivity contribution in [2.24, 2.45) is 0 Å². The Morgan fingerprint density at radius 2 is 2.35 bits per heavy atom. The van der Waals surface area contributed by atoms with Crippen molar-refractivity contribution in [2.75, 3.05) is 19.6 Å². The van der Waals surface area contributed by atoms with E-state index in [1.165, 1.54) is 4.40 Å². The van der Waals surface area contributed by atoms with Crippen molar-refractivity contribution in [3.8, 4) is 0 Å². The number of hydrogen-bond acceptors (Lipinski definition) is 4. The van der Waals surface area contributed by atoms with E-state index in [0.29, 0.717) is 23.3 Å². The molecule has 0 aromatic carbocycles. The summed E-state index contributed by atoms with van der Waals surface area (Å²) in [6.45, 7) is 5.80. The van der Waals surface area contributed by atoms with Crippen LogP contribution in [0.1, 0.15) is 12.6 Å². The van der Waals surface area contributed by atoms with Crippen molar-refractivity contribution in [1.82, 2.24) is 19.6 Å². The summed E-state index contributed by atoms with van der Waals surface area (Å²) < 4.78 is 1.48. The van der Waals surface area contributed by atoms with E-state index in [0.717, 1.165) is 25.3 Å². The van der Waals surface area contributed by atoms with Gasteiger partial charge in [0.2, 0.25) is 0 Å². The first-order valence-corrected chi connectivity index (χ1v) is 7.13. The second-order valence-corrected chi connectivity index (χ2v) is 5.69. The highest BCUT2D eigenvalue weighted by atomic mass is 35.5. The first kappa shape index (κ1) is 13.5. The van der Waals surface area contributed by atoms with Gasteiger partial charge in [-0.05, 0) is 19.1 Å². The van der Waals surface area contributed by atoms with Gasteiger partial charge in [-0.15, -0.1) is 0 Å². The van der Waals surface area contributed by atoms with Crippen molar-refractivity contribution in [1.29, 1.82) is 0 Å². The van der Waals surface area contributed by atoms with E-state index in [1.807, 2.05) is 0 Å². The van der Waals surface area contributed by atoms with Gasteiger partial charge in [0.1, 0.15) is 5.65 Å². The maximum Gasteiger partial charge on any atom is 0.258 e. The Kier molecular flexibility index (Phi) is 3.74. The van der Waals surface area contributed by atoms with Crippen LogP contribution in [0.15, 0.2) is 29.2 Å². The Bertz CT molecular complexity index is 684. The molecular formula is C14H17ClN4O. The monoisotopic (exact) mass is 292 g/mol. The van der Waals surface area contributed by atoms with E-state index in [9.17, 15) is 4.79 Å². The molecule has 1 aliphatic rings. The van der Waals surface area contributed by atoms with E-state index in [2.05, 4.69) is 22.1 Å². The predicted molar refractivity (Wildman–Crippen MR) is 79.2 cm³/mol. The molecule has 3 rings (SSSR count). The highest BCUT2D eigenvalue weighted by Gasteiger charge is 2.16. The van der Waals surface area contributed by atoms with E-state index in [1.54, 1.807) is 24.4 Å². The lowest BCUT2D eigenvalue weighted by Crippen LogP contribution is -2.48. The second-order valence-electron chi connectivity index (χ2n) is 5.25. The number of aromatic nitrogens is 2. The molecule has 0 bridgehead atoms. The number of nitrogens with one attached hydrogen (secondary N) is 1. The molecule has 5 nitrogen and oxygen atoms in total. The average molecular weight is 293 g/mol. The average Bonchev–Trinajstić information content (AvgIpc) is 2.40. The Balaban J connectivity index is 1.89. The Morgan fingerprint density at radius 1 is 1.50 bits per heavy atom. The van der Waals surface area contributed by atoms with Crippen molar-refractivity contribution in [3.63, 3.8) is 0 Å². The zero-order valence-electron chi connectivity index (χ0n) is 11.3. The molecule has 0 radical (unpaired) electrons.